The molecule has 24 heavy (non-hydrogen) atoms. The van der Waals surface area contributed by atoms with Crippen molar-refractivity contribution in [3.63, 3.8) is 0 Å². The third-order valence-electron chi connectivity index (χ3n) is 3.35. The molecule has 134 valence electrons. The van der Waals surface area contributed by atoms with Crippen LogP contribution in [-0.4, -0.2) is 29.4 Å². The van der Waals surface area contributed by atoms with Gasteiger partial charge >= 0.3 is 0 Å². The maximum atomic E-state index is 5.80. The zero-order valence-electron chi connectivity index (χ0n) is 15.0. The van der Waals surface area contributed by atoms with Crippen LogP contribution in [0.3, 0.4) is 0 Å². The fraction of sp³-hybridized carbons (Fsp3) is 0.529. The average Bonchev–Trinajstić information content (AvgIpc) is 3.13. The van der Waals surface area contributed by atoms with Gasteiger partial charge in [0.05, 0.1) is 6.20 Å². The number of hydrogen-bond donors (Lipinski definition) is 1. The summed E-state index contributed by atoms with van der Waals surface area (Å²) in [5.41, 5.74) is 1.25. The van der Waals surface area contributed by atoms with Crippen LogP contribution >= 0.6 is 35.3 Å². The molecule has 0 fully saturated rings. The second-order valence-electron chi connectivity index (χ2n) is 6.53. The molecule has 0 aliphatic rings. The zero-order chi connectivity index (χ0) is 16.9. The van der Waals surface area contributed by atoms with Gasteiger partial charge in [0, 0.05) is 25.6 Å². The van der Waals surface area contributed by atoms with Gasteiger partial charge in [0.25, 0.3) is 0 Å². The highest BCUT2D eigenvalue weighted by atomic mass is 127. The highest BCUT2D eigenvalue weighted by molar-refractivity contribution is 14.0. The van der Waals surface area contributed by atoms with Gasteiger partial charge in [-0.25, -0.2) is 9.98 Å². The molecule has 0 bridgehead atoms. The third-order valence-corrected chi connectivity index (χ3v) is 4.09. The lowest BCUT2D eigenvalue weighted by atomic mass is 9.94. The van der Waals surface area contributed by atoms with Gasteiger partial charge in [0.1, 0.15) is 12.3 Å². The quantitative estimate of drug-likeness (QED) is 0.410. The predicted molar refractivity (Wildman–Crippen MR) is 111 cm³/mol. The molecule has 1 N–H and O–H groups in total. The van der Waals surface area contributed by atoms with E-state index < -0.39 is 0 Å². The standard InChI is InChI=1S/C17H26N4OS.HI/c1-6-18-16(21(5)11-13-7-8-23-12-13)20-10-15-19-9-14(22-15)17(2,3)4;/h7-9,12H,6,10-11H2,1-5H3,(H,18,20);1H. The lowest BCUT2D eigenvalue weighted by molar-refractivity contribution is 0.382. The number of rotatable bonds is 5. The summed E-state index contributed by atoms with van der Waals surface area (Å²) in [4.78, 5) is 11.1. The molecule has 0 spiro atoms. The molecule has 0 aliphatic carbocycles. The summed E-state index contributed by atoms with van der Waals surface area (Å²) >= 11 is 1.71. The molecule has 0 saturated carbocycles. The Balaban J connectivity index is 0.00000288. The second-order valence-corrected chi connectivity index (χ2v) is 7.31. The molecule has 5 nitrogen and oxygen atoms in total. The van der Waals surface area contributed by atoms with Crippen molar-refractivity contribution in [3.05, 3.63) is 40.2 Å². The Morgan fingerprint density at radius 2 is 2.17 bits per heavy atom. The fourth-order valence-corrected chi connectivity index (χ4v) is 2.73. The van der Waals surface area contributed by atoms with Crippen LogP contribution in [0.2, 0.25) is 0 Å². The minimum absolute atomic E-state index is 0. The summed E-state index contributed by atoms with van der Waals surface area (Å²) in [7, 11) is 2.04. The van der Waals surface area contributed by atoms with Crippen LogP contribution in [-0.2, 0) is 18.5 Å². The van der Waals surface area contributed by atoms with Crippen molar-refractivity contribution in [2.24, 2.45) is 4.99 Å². The van der Waals surface area contributed by atoms with Crippen molar-refractivity contribution in [2.45, 2.75) is 46.2 Å². The summed E-state index contributed by atoms with van der Waals surface area (Å²) in [6, 6.07) is 2.13. The first-order chi connectivity index (χ1) is 10.9. The lowest BCUT2D eigenvalue weighted by Gasteiger charge is -2.21. The zero-order valence-corrected chi connectivity index (χ0v) is 18.1. The minimum atomic E-state index is -0.0325. The molecular formula is C17H27IN4OS. The number of aliphatic imine (C=N–C) groups is 1. The van der Waals surface area contributed by atoms with Crippen LogP contribution in [0, 0.1) is 0 Å². The third kappa shape index (κ3) is 6.08. The minimum Gasteiger partial charge on any atom is -0.443 e. The number of nitrogens with zero attached hydrogens (tertiary/aromatic N) is 3. The number of oxazole rings is 1. The summed E-state index contributed by atoms with van der Waals surface area (Å²) in [6.07, 6.45) is 1.80. The van der Waals surface area contributed by atoms with E-state index in [1.807, 2.05) is 7.05 Å². The topological polar surface area (TPSA) is 53.7 Å². The number of aromatic nitrogens is 1. The molecule has 2 rings (SSSR count). The van der Waals surface area contributed by atoms with E-state index in [1.165, 1.54) is 5.56 Å². The average molecular weight is 462 g/mol. The van der Waals surface area contributed by atoms with E-state index in [0.717, 1.165) is 24.8 Å². The maximum absolute atomic E-state index is 5.80. The molecular weight excluding hydrogens is 435 g/mol. The molecule has 0 atom stereocenters. The van der Waals surface area contributed by atoms with E-state index in [2.05, 4.69) is 64.7 Å². The molecule has 2 aromatic heterocycles. The van der Waals surface area contributed by atoms with Gasteiger partial charge in [0.15, 0.2) is 5.96 Å². The Hall–Kier alpha value is -1.09. The Kier molecular flexibility index (Phi) is 8.21. The van der Waals surface area contributed by atoms with Gasteiger partial charge in [0.2, 0.25) is 5.89 Å². The van der Waals surface area contributed by atoms with E-state index in [0.29, 0.717) is 12.4 Å². The molecule has 0 saturated heterocycles. The van der Waals surface area contributed by atoms with Crippen LogP contribution < -0.4 is 5.32 Å². The van der Waals surface area contributed by atoms with Crippen molar-refractivity contribution in [2.75, 3.05) is 13.6 Å². The van der Waals surface area contributed by atoms with E-state index in [-0.39, 0.29) is 29.4 Å². The van der Waals surface area contributed by atoms with E-state index in [4.69, 9.17) is 4.42 Å². The molecule has 2 aromatic rings. The normalized spacial score (nSPS) is 12.0. The summed E-state index contributed by atoms with van der Waals surface area (Å²) in [5, 5.41) is 7.56. The Morgan fingerprint density at radius 3 is 2.71 bits per heavy atom. The smallest absolute Gasteiger partial charge is 0.216 e. The van der Waals surface area contributed by atoms with Gasteiger partial charge in [-0.3, -0.25) is 0 Å². The molecule has 2 heterocycles. The van der Waals surface area contributed by atoms with E-state index >= 15 is 0 Å². The highest BCUT2D eigenvalue weighted by Crippen LogP contribution is 2.22. The lowest BCUT2D eigenvalue weighted by Crippen LogP contribution is -2.38. The molecule has 0 aliphatic heterocycles. The first-order valence-electron chi connectivity index (χ1n) is 7.86. The van der Waals surface area contributed by atoms with Gasteiger partial charge < -0.3 is 14.6 Å². The van der Waals surface area contributed by atoms with E-state index in [9.17, 15) is 0 Å². The Morgan fingerprint density at radius 1 is 1.42 bits per heavy atom. The van der Waals surface area contributed by atoms with Crippen molar-refractivity contribution >= 4 is 41.3 Å². The van der Waals surface area contributed by atoms with E-state index in [1.54, 1.807) is 17.5 Å². The van der Waals surface area contributed by atoms with Gasteiger partial charge in [-0.2, -0.15) is 11.3 Å². The monoisotopic (exact) mass is 462 g/mol. The van der Waals surface area contributed by atoms with Crippen LogP contribution in [0.1, 0.15) is 44.9 Å². The number of hydrogen-bond acceptors (Lipinski definition) is 4. The molecule has 0 unspecified atom stereocenters. The predicted octanol–water partition coefficient (Wildman–Crippen LogP) is 4.25. The molecule has 0 aromatic carbocycles. The summed E-state index contributed by atoms with van der Waals surface area (Å²) < 4.78 is 5.80. The molecule has 0 amide bonds. The highest BCUT2D eigenvalue weighted by Gasteiger charge is 2.19. The number of thiophene rings is 1. The van der Waals surface area contributed by atoms with Gasteiger partial charge in [-0.05, 0) is 29.3 Å². The maximum Gasteiger partial charge on any atom is 0.216 e. The van der Waals surface area contributed by atoms with Crippen molar-refractivity contribution in [3.8, 4) is 0 Å². The largest absolute Gasteiger partial charge is 0.443 e. The first kappa shape index (κ1) is 21.0. The van der Waals surface area contributed by atoms with Crippen LogP contribution in [0.15, 0.2) is 32.4 Å². The Labute approximate surface area is 165 Å². The van der Waals surface area contributed by atoms with Crippen molar-refractivity contribution in [1.82, 2.24) is 15.2 Å². The second kappa shape index (κ2) is 9.41. The summed E-state index contributed by atoms with van der Waals surface area (Å²) in [6.45, 7) is 10.5. The SMILES string of the molecule is CCNC(=NCc1ncc(C(C)(C)C)o1)N(C)Cc1ccsc1.I. The van der Waals surface area contributed by atoms with Crippen molar-refractivity contribution < 1.29 is 4.42 Å². The fourth-order valence-electron chi connectivity index (χ4n) is 2.07. The number of halogens is 1. The van der Waals surface area contributed by atoms with Crippen molar-refractivity contribution in [1.29, 1.82) is 0 Å². The van der Waals surface area contributed by atoms with Gasteiger partial charge in [-0.1, -0.05) is 20.8 Å². The van der Waals surface area contributed by atoms with Crippen LogP contribution in [0.5, 0.6) is 0 Å². The number of guanidine groups is 1. The molecule has 7 heteroatoms. The van der Waals surface area contributed by atoms with Crippen LogP contribution in [0.4, 0.5) is 0 Å². The number of nitrogens with one attached hydrogen (secondary N) is 1. The van der Waals surface area contributed by atoms with Gasteiger partial charge in [-0.15, -0.1) is 24.0 Å². The first-order valence-corrected chi connectivity index (χ1v) is 8.80. The molecule has 0 radical (unpaired) electrons. The summed E-state index contributed by atoms with van der Waals surface area (Å²) in [5.74, 6) is 2.39. The van der Waals surface area contributed by atoms with Crippen LogP contribution in [0.25, 0.3) is 0 Å². The Bertz CT molecular complexity index is 631.